The van der Waals surface area contributed by atoms with Gasteiger partial charge in [0.05, 0.1) is 0 Å². The lowest BCUT2D eigenvalue weighted by molar-refractivity contribution is 0.0685. The van der Waals surface area contributed by atoms with Crippen molar-refractivity contribution in [3.8, 4) is 0 Å². The summed E-state index contributed by atoms with van der Waals surface area (Å²) < 4.78 is 53.4. The van der Waals surface area contributed by atoms with Crippen LogP contribution < -0.4 is 4.72 Å². The van der Waals surface area contributed by atoms with Crippen LogP contribution in [0.25, 0.3) is 0 Å². The van der Waals surface area contributed by atoms with Crippen molar-refractivity contribution < 1.29 is 27.1 Å². The van der Waals surface area contributed by atoms with E-state index in [0.29, 0.717) is 25.0 Å². The Morgan fingerprint density at radius 1 is 1.30 bits per heavy atom. The van der Waals surface area contributed by atoms with Crippen LogP contribution in [0.15, 0.2) is 17.0 Å². The van der Waals surface area contributed by atoms with Gasteiger partial charge in [0.1, 0.15) is 16.3 Å². The molecule has 0 aliphatic carbocycles. The molecule has 0 aliphatic heterocycles. The first-order valence-corrected chi connectivity index (χ1v) is 7.46. The van der Waals surface area contributed by atoms with E-state index in [1.165, 1.54) is 0 Å². The van der Waals surface area contributed by atoms with E-state index in [-0.39, 0.29) is 0 Å². The van der Waals surface area contributed by atoms with Gasteiger partial charge in [0.25, 0.3) is 0 Å². The highest BCUT2D eigenvalue weighted by Crippen LogP contribution is 2.21. The fourth-order valence-electron chi connectivity index (χ4n) is 1.68. The molecule has 0 amide bonds. The van der Waals surface area contributed by atoms with Crippen molar-refractivity contribution in [2.24, 2.45) is 0 Å². The van der Waals surface area contributed by atoms with Crippen LogP contribution in [0.3, 0.4) is 0 Å². The van der Waals surface area contributed by atoms with Gasteiger partial charge in [-0.1, -0.05) is 13.8 Å². The van der Waals surface area contributed by atoms with Crippen LogP contribution in [0.2, 0.25) is 0 Å². The summed E-state index contributed by atoms with van der Waals surface area (Å²) in [5.41, 5.74) is -1.28. The van der Waals surface area contributed by atoms with Crippen LogP contribution in [0.5, 0.6) is 0 Å². The van der Waals surface area contributed by atoms with Crippen LogP contribution in [0.1, 0.15) is 37.0 Å². The van der Waals surface area contributed by atoms with E-state index in [0.717, 1.165) is 0 Å². The maximum absolute atomic E-state index is 13.9. The molecular formula is C12H15F2NO4S. The van der Waals surface area contributed by atoms with Crippen LogP contribution >= 0.6 is 0 Å². The van der Waals surface area contributed by atoms with Gasteiger partial charge in [-0.25, -0.2) is 26.7 Å². The summed E-state index contributed by atoms with van der Waals surface area (Å²) in [7, 11) is -4.24. The summed E-state index contributed by atoms with van der Waals surface area (Å²) >= 11 is 0. The number of halogens is 2. The summed E-state index contributed by atoms with van der Waals surface area (Å²) in [5.74, 6) is -4.79. The van der Waals surface area contributed by atoms with E-state index in [1.807, 2.05) is 0 Å². The maximum atomic E-state index is 13.9. The molecule has 0 spiro atoms. The minimum atomic E-state index is -4.24. The van der Waals surface area contributed by atoms with E-state index in [4.69, 9.17) is 5.11 Å². The lowest BCUT2D eigenvalue weighted by atomic mass is 10.2. The molecule has 0 bridgehead atoms. The first-order valence-electron chi connectivity index (χ1n) is 5.98. The quantitative estimate of drug-likeness (QED) is 0.843. The van der Waals surface area contributed by atoms with Crippen molar-refractivity contribution in [2.45, 2.75) is 37.6 Å². The van der Waals surface area contributed by atoms with Crippen LogP contribution in [-0.4, -0.2) is 25.5 Å². The molecule has 1 aromatic rings. The molecule has 0 saturated carbocycles. The number of carbonyl (C=O) groups is 1. The molecule has 8 heteroatoms. The smallest absolute Gasteiger partial charge is 0.341 e. The molecule has 20 heavy (non-hydrogen) atoms. The zero-order valence-corrected chi connectivity index (χ0v) is 11.8. The molecule has 2 N–H and O–H groups in total. The van der Waals surface area contributed by atoms with Gasteiger partial charge < -0.3 is 5.11 Å². The fraction of sp³-hybridized carbons (Fsp3) is 0.417. The highest BCUT2D eigenvalue weighted by molar-refractivity contribution is 7.89. The number of nitrogens with one attached hydrogen (secondary N) is 1. The Kier molecular flexibility index (Phi) is 5.18. The summed E-state index contributed by atoms with van der Waals surface area (Å²) in [5, 5.41) is 8.72. The second-order valence-electron chi connectivity index (χ2n) is 4.17. The largest absolute Gasteiger partial charge is 0.477 e. The Hall–Kier alpha value is -1.54. The first kappa shape index (κ1) is 16.5. The third kappa shape index (κ3) is 3.31. The van der Waals surface area contributed by atoms with E-state index in [9.17, 15) is 22.0 Å². The highest BCUT2D eigenvalue weighted by atomic mass is 32.2. The average molecular weight is 307 g/mol. The van der Waals surface area contributed by atoms with Gasteiger partial charge in [-0.15, -0.1) is 0 Å². The SMILES string of the molecule is CCC(CC)NS(=O)(=O)c1ccc(F)c(C(=O)O)c1F. The monoisotopic (exact) mass is 307 g/mol. The van der Waals surface area contributed by atoms with Crippen molar-refractivity contribution in [1.29, 1.82) is 0 Å². The number of hydrogen-bond donors (Lipinski definition) is 2. The predicted octanol–water partition coefficient (Wildman–Crippen LogP) is 2.13. The summed E-state index contributed by atoms with van der Waals surface area (Å²) in [6.45, 7) is 3.50. The Balaban J connectivity index is 3.33. The zero-order valence-electron chi connectivity index (χ0n) is 11.0. The van der Waals surface area contributed by atoms with Gasteiger partial charge in [0.2, 0.25) is 10.0 Å². The number of rotatable bonds is 6. The highest BCUT2D eigenvalue weighted by Gasteiger charge is 2.28. The number of carboxylic acids is 1. The molecule has 5 nitrogen and oxygen atoms in total. The first-order chi connectivity index (χ1) is 9.24. The summed E-state index contributed by atoms with van der Waals surface area (Å²) in [6.07, 6.45) is 0.981. The van der Waals surface area contributed by atoms with E-state index in [2.05, 4.69) is 4.72 Å². The molecule has 1 rings (SSSR count). The van der Waals surface area contributed by atoms with Gasteiger partial charge in [0, 0.05) is 6.04 Å². The minimum Gasteiger partial charge on any atom is -0.477 e. The number of aromatic carboxylic acids is 1. The van der Waals surface area contributed by atoms with Crippen LogP contribution in [0, 0.1) is 11.6 Å². The van der Waals surface area contributed by atoms with Gasteiger partial charge in [0.15, 0.2) is 5.82 Å². The molecule has 0 aliphatic rings. The fourth-order valence-corrected chi connectivity index (χ4v) is 3.16. The van der Waals surface area contributed by atoms with Crippen molar-refractivity contribution >= 4 is 16.0 Å². The van der Waals surface area contributed by atoms with Crippen molar-refractivity contribution in [3.63, 3.8) is 0 Å². The summed E-state index contributed by atoms with van der Waals surface area (Å²) in [4.78, 5) is 9.89. The maximum Gasteiger partial charge on any atom is 0.341 e. The van der Waals surface area contributed by atoms with Crippen molar-refractivity contribution in [2.75, 3.05) is 0 Å². The molecule has 0 atom stereocenters. The molecule has 0 heterocycles. The number of carboxylic acid groups (broad SMARTS) is 1. The Morgan fingerprint density at radius 3 is 2.30 bits per heavy atom. The summed E-state index contributed by atoms with van der Waals surface area (Å²) in [6, 6.07) is 0.924. The average Bonchev–Trinajstić information content (AvgIpc) is 2.35. The normalized spacial score (nSPS) is 11.8. The van der Waals surface area contributed by atoms with Crippen molar-refractivity contribution in [3.05, 3.63) is 29.3 Å². The van der Waals surface area contributed by atoms with Crippen molar-refractivity contribution in [1.82, 2.24) is 4.72 Å². The standard InChI is InChI=1S/C12H15F2NO4S/c1-3-7(4-2)15-20(18,19)9-6-5-8(13)10(11(9)14)12(16)17/h5-7,15H,3-4H2,1-2H3,(H,16,17). The van der Waals surface area contributed by atoms with Gasteiger partial charge in [-0.2, -0.15) is 0 Å². The zero-order chi connectivity index (χ0) is 15.5. The molecule has 0 aromatic heterocycles. The predicted molar refractivity (Wildman–Crippen MR) is 68.0 cm³/mol. The topological polar surface area (TPSA) is 83.5 Å². The number of hydrogen-bond acceptors (Lipinski definition) is 3. The molecule has 0 saturated heterocycles. The molecule has 0 unspecified atom stereocenters. The lowest BCUT2D eigenvalue weighted by Crippen LogP contribution is -2.34. The lowest BCUT2D eigenvalue weighted by Gasteiger charge is -2.15. The molecule has 112 valence electrons. The molecular weight excluding hydrogens is 292 g/mol. The number of benzene rings is 1. The van der Waals surface area contributed by atoms with E-state index >= 15 is 0 Å². The van der Waals surface area contributed by atoms with E-state index < -0.39 is 44.1 Å². The van der Waals surface area contributed by atoms with Crippen LogP contribution in [0.4, 0.5) is 8.78 Å². The molecule has 0 fully saturated rings. The minimum absolute atomic E-state index is 0.405. The van der Waals surface area contributed by atoms with Gasteiger partial charge in [-0.05, 0) is 25.0 Å². The van der Waals surface area contributed by atoms with Crippen LogP contribution in [-0.2, 0) is 10.0 Å². The van der Waals surface area contributed by atoms with Gasteiger partial charge in [-0.3, -0.25) is 0 Å². The molecule has 0 radical (unpaired) electrons. The van der Waals surface area contributed by atoms with E-state index in [1.54, 1.807) is 13.8 Å². The molecule has 1 aromatic carbocycles. The second kappa shape index (κ2) is 6.27. The Labute approximate surface area is 115 Å². The Morgan fingerprint density at radius 2 is 1.85 bits per heavy atom. The number of sulfonamides is 1. The third-order valence-corrected chi connectivity index (χ3v) is 4.40. The second-order valence-corrected chi connectivity index (χ2v) is 5.86. The van der Waals surface area contributed by atoms with Gasteiger partial charge >= 0.3 is 5.97 Å². The Bertz CT molecular complexity index is 612. The third-order valence-electron chi connectivity index (χ3n) is 2.87.